The number of phenolic OH excluding ortho intramolecular Hbond substituents is 1. The first-order valence-corrected chi connectivity index (χ1v) is 9.11. The highest BCUT2D eigenvalue weighted by Crippen LogP contribution is 2.30. The third kappa shape index (κ3) is 3.29. The zero-order valence-electron chi connectivity index (χ0n) is 15.1. The van der Waals surface area contributed by atoms with Gasteiger partial charge in [-0.1, -0.05) is 6.92 Å². The number of aromatic nitrogens is 4. The summed E-state index contributed by atoms with van der Waals surface area (Å²) in [6.45, 7) is 5.33. The van der Waals surface area contributed by atoms with Crippen LogP contribution in [-0.2, 0) is 0 Å². The molecule has 0 amide bonds. The van der Waals surface area contributed by atoms with Gasteiger partial charge in [0, 0.05) is 25.0 Å². The first-order valence-electron chi connectivity index (χ1n) is 9.11. The molecule has 138 valence electrons. The van der Waals surface area contributed by atoms with Crippen LogP contribution in [0.15, 0.2) is 30.6 Å². The smallest absolute Gasteiger partial charge is 0.192 e. The van der Waals surface area contributed by atoms with E-state index in [0.29, 0.717) is 34.5 Å². The number of likely N-dealkylation sites (tertiary alicyclic amines) is 1. The van der Waals surface area contributed by atoms with E-state index in [2.05, 4.69) is 32.3 Å². The van der Waals surface area contributed by atoms with E-state index in [1.54, 1.807) is 28.9 Å². The second-order valence-corrected chi connectivity index (χ2v) is 6.71. The minimum Gasteiger partial charge on any atom is -0.507 e. The van der Waals surface area contributed by atoms with Crippen LogP contribution in [0.2, 0.25) is 0 Å². The summed E-state index contributed by atoms with van der Waals surface area (Å²) in [6, 6.07) is 7.06. The molecule has 1 atom stereocenters. The average Bonchev–Trinajstić information content (AvgIpc) is 3.19. The quantitative estimate of drug-likeness (QED) is 0.733. The van der Waals surface area contributed by atoms with Crippen molar-refractivity contribution in [1.29, 1.82) is 5.26 Å². The van der Waals surface area contributed by atoms with Gasteiger partial charge in [0.15, 0.2) is 17.3 Å². The van der Waals surface area contributed by atoms with Crippen LogP contribution in [0.3, 0.4) is 0 Å². The van der Waals surface area contributed by atoms with Gasteiger partial charge in [0.25, 0.3) is 0 Å². The van der Waals surface area contributed by atoms with Crippen molar-refractivity contribution >= 4 is 11.5 Å². The number of imidazole rings is 1. The molecule has 2 aromatic heterocycles. The Morgan fingerprint density at radius 2 is 2.26 bits per heavy atom. The number of piperidine rings is 1. The predicted molar refractivity (Wildman–Crippen MR) is 101 cm³/mol. The van der Waals surface area contributed by atoms with Gasteiger partial charge in [0.2, 0.25) is 0 Å². The van der Waals surface area contributed by atoms with Crippen LogP contribution in [-0.4, -0.2) is 55.3 Å². The molecule has 1 aliphatic heterocycles. The Labute approximate surface area is 157 Å². The summed E-state index contributed by atoms with van der Waals surface area (Å²) in [4.78, 5) is 6.84. The van der Waals surface area contributed by atoms with Gasteiger partial charge in [-0.25, -0.2) is 4.98 Å². The number of aromatic hydroxyl groups is 1. The SMILES string of the molecule is CCN1CCC[C@@H](Nc2nnc(-c3ccc(C#N)cc3O)n3ccnc23)C1. The van der Waals surface area contributed by atoms with Crippen LogP contribution in [0, 0.1) is 11.3 Å². The highest BCUT2D eigenvalue weighted by atomic mass is 16.3. The molecule has 0 spiro atoms. The topological polar surface area (TPSA) is 102 Å². The lowest BCUT2D eigenvalue weighted by Crippen LogP contribution is -2.42. The lowest BCUT2D eigenvalue weighted by Gasteiger charge is -2.32. The fourth-order valence-electron chi connectivity index (χ4n) is 3.56. The predicted octanol–water partition coefficient (Wildman–Crippen LogP) is 2.26. The maximum absolute atomic E-state index is 10.3. The molecule has 1 aliphatic rings. The van der Waals surface area contributed by atoms with Gasteiger partial charge in [-0.2, -0.15) is 5.26 Å². The fourth-order valence-corrected chi connectivity index (χ4v) is 3.56. The van der Waals surface area contributed by atoms with Gasteiger partial charge in [0.1, 0.15) is 5.75 Å². The summed E-state index contributed by atoms with van der Waals surface area (Å²) >= 11 is 0. The Morgan fingerprint density at radius 1 is 1.37 bits per heavy atom. The molecule has 3 heterocycles. The van der Waals surface area contributed by atoms with Crippen LogP contribution in [0.5, 0.6) is 5.75 Å². The lowest BCUT2D eigenvalue weighted by atomic mass is 10.1. The normalized spacial score (nSPS) is 17.7. The van der Waals surface area contributed by atoms with E-state index in [9.17, 15) is 5.11 Å². The Bertz CT molecular complexity index is 1010. The largest absolute Gasteiger partial charge is 0.507 e. The van der Waals surface area contributed by atoms with Crippen LogP contribution in [0.25, 0.3) is 17.0 Å². The number of likely N-dealkylation sites (N-methyl/N-ethyl adjacent to an activating group) is 1. The molecule has 0 saturated carbocycles. The van der Waals surface area contributed by atoms with Crippen molar-refractivity contribution in [2.75, 3.05) is 25.0 Å². The van der Waals surface area contributed by atoms with Gasteiger partial charge >= 0.3 is 0 Å². The summed E-state index contributed by atoms with van der Waals surface area (Å²) < 4.78 is 1.80. The molecular weight excluding hydrogens is 342 g/mol. The average molecular weight is 363 g/mol. The third-order valence-electron chi connectivity index (χ3n) is 4.99. The molecule has 3 aromatic rings. The van der Waals surface area contributed by atoms with Crippen molar-refractivity contribution in [3.63, 3.8) is 0 Å². The number of nitrogens with zero attached hydrogens (tertiary/aromatic N) is 6. The Kier molecular flexibility index (Phi) is 4.60. The van der Waals surface area contributed by atoms with E-state index in [4.69, 9.17) is 5.26 Å². The molecule has 8 nitrogen and oxygen atoms in total. The van der Waals surface area contributed by atoms with Crippen molar-refractivity contribution in [2.24, 2.45) is 0 Å². The number of nitrogens with one attached hydrogen (secondary N) is 1. The second kappa shape index (κ2) is 7.21. The summed E-state index contributed by atoms with van der Waals surface area (Å²) in [5.41, 5.74) is 1.56. The zero-order chi connectivity index (χ0) is 18.8. The number of hydrogen-bond donors (Lipinski definition) is 2. The lowest BCUT2D eigenvalue weighted by molar-refractivity contribution is 0.226. The molecule has 1 saturated heterocycles. The molecule has 1 fully saturated rings. The molecule has 4 rings (SSSR count). The Hall–Kier alpha value is -3.18. The third-order valence-corrected chi connectivity index (χ3v) is 4.99. The maximum atomic E-state index is 10.3. The number of nitriles is 1. The van der Waals surface area contributed by atoms with Crippen LogP contribution in [0.1, 0.15) is 25.3 Å². The number of rotatable bonds is 4. The van der Waals surface area contributed by atoms with Crippen molar-refractivity contribution in [3.8, 4) is 23.2 Å². The van der Waals surface area contributed by atoms with E-state index in [1.807, 2.05) is 6.07 Å². The molecule has 0 aliphatic carbocycles. The molecule has 0 radical (unpaired) electrons. The Balaban J connectivity index is 1.68. The highest BCUT2D eigenvalue weighted by molar-refractivity contribution is 5.71. The van der Waals surface area contributed by atoms with Crippen LogP contribution < -0.4 is 5.32 Å². The van der Waals surface area contributed by atoms with Crippen LogP contribution >= 0.6 is 0 Å². The van der Waals surface area contributed by atoms with E-state index in [1.165, 1.54) is 6.07 Å². The summed E-state index contributed by atoms with van der Waals surface area (Å²) in [5.74, 6) is 1.11. The van der Waals surface area contributed by atoms with E-state index in [-0.39, 0.29) is 5.75 Å². The van der Waals surface area contributed by atoms with Crippen molar-refractivity contribution in [3.05, 3.63) is 36.2 Å². The van der Waals surface area contributed by atoms with E-state index >= 15 is 0 Å². The number of fused-ring (bicyclic) bond motifs is 1. The summed E-state index contributed by atoms with van der Waals surface area (Å²) in [5, 5.41) is 31.4. The van der Waals surface area contributed by atoms with E-state index in [0.717, 1.165) is 32.5 Å². The minimum atomic E-state index is -0.00933. The van der Waals surface area contributed by atoms with Gasteiger partial charge in [-0.15, -0.1) is 10.2 Å². The fraction of sp³-hybridized carbons (Fsp3) is 0.368. The summed E-state index contributed by atoms with van der Waals surface area (Å²) in [6.07, 6.45) is 5.72. The Morgan fingerprint density at radius 3 is 3.04 bits per heavy atom. The molecule has 27 heavy (non-hydrogen) atoms. The number of phenols is 1. The molecule has 1 aromatic carbocycles. The van der Waals surface area contributed by atoms with Crippen molar-refractivity contribution in [1.82, 2.24) is 24.5 Å². The molecular formula is C19H21N7O. The molecule has 0 bridgehead atoms. The first kappa shape index (κ1) is 17.2. The van der Waals surface area contributed by atoms with E-state index < -0.39 is 0 Å². The standard InChI is InChI=1S/C19H21N7O/c1-2-25-8-3-4-14(12-25)22-17-19-21-7-9-26(19)18(24-23-17)15-6-5-13(11-20)10-16(15)27/h5-7,9-10,14,27H,2-4,8,12H2,1H3,(H,22,23)/t14-/m1/s1. The number of hydrogen-bond acceptors (Lipinski definition) is 7. The molecule has 0 unspecified atom stereocenters. The molecule has 2 N–H and O–H groups in total. The summed E-state index contributed by atoms with van der Waals surface area (Å²) in [7, 11) is 0. The minimum absolute atomic E-state index is 0.00933. The zero-order valence-corrected chi connectivity index (χ0v) is 15.1. The maximum Gasteiger partial charge on any atom is 0.192 e. The first-order chi connectivity index (χ1) is 13.2. The van der Waals surface area contributed by atoms with Gasteiger partial charge in [-0.05, 0) is 44.1 Å². The van der Waals surface area contributed by atoms with Gasteiger partial charge in [0.05, 0.1) is 17.2 Å². The number of anilines is 1. The molecule has 8 heteroatoms. The monoisotopic (exact) mass is 363 g/mol. The van der Waals surface area contributed by atoms with Crippen molar-refractivity contribution < 1.29 is 5.11 Å². The second-order valence-electron chi connectivity index (χ2n) is 6.71. The van der Waals surface area contributed by atoms with Gasteiger partial charge in [-0.3, -0.25) is 4.40 Å². The van der Waals surface area contributed by atoms with Crippen molar-refractivity contribution in [2.45, 2.75) is 25.8 Å². The highest BCUT2D eigenvalue weighted by Gasteiger charge is 2.21. The van der Waals surface area contributed by atoms with Crippen LogP contribution in [0.4, 0.5) is 5.82 Å². The number of benzene rings is 1. The van der Waals surface area contributed by atoms with Gasteiger partial charge < -0.3 is 15.3 Å².